The van der Waals surface area contributed by atoms with Gasteiger partial charge in [0, 0.05) is 14.1 Å². The lowest BCUT2D eigenvalue weighted by Gasteiger charge is -2.10. The molecule has 6 nitrogen and oxygen atoms in total. The molecule has 0 aliphatic heterocycles. The van der Waals surface area contributed by atoms with Crippen molar-refractivity contribution in [3.05, 3.63) is 0 Å². The summed E-state index contributed by atoms with van der Waals surface area (Å²) in [7, 11) is 3.10. The van der Waals surface area contributed by atoms with Crippen LogP contribution in [0.2, 0.25) is 0 Å². The fourth-order valence-corrected chi connectivity index (χ4v) is 0.581. The van der Waals surface area contributed by atoms with Gasteiger partial charge in [0.05, 0.1) is 6.42 Å². The molecule has 13 heavy (non-hydrogen) atoms. The van der Waals surface area contributed by atoms with Crippen LogP contribution in [-0.2, 0) is 14.4 Å². The lowest BCUT2D eigenvalue weighted by molar-refractivity contribution is -0.128. The van der Waals surface area contributed by atoms with Gasteiger partial charge >= 0.3 is 0 Å². The normalized spacial score (nSPS) is 10.6. The predicted octanol–water partition coefficient (Wildman–Crippen LogP) is -0.538. The molecule has 0 saturated carbocycles. The van der Waals surface area contributed by atoms with Crippen LogP contribution in [0.4, 0.5) is 0 Å². The first-order valence-corrected chi connectivity index (χ1v) is 3.46. The van der Waals surface area contributed by atoms with E-state index in [-0.39, 0.29) is 12.3 Å². The van der Waals surface area contributed by atoms with Gasteiger partial charge in [0.1, 0.15) is 0 Å². The second-order valence-corrected chi connectivity index (χ2v) is 2.41. The van der Waals surface area contributed by atoms with Crippen molar-refractivity contribution in [2.75, 3.05) is 14.1 Å². The Morgan fingerprint density at radius 2 is 1.77 bits per heavy atom. The second kappa shape index (κ2) is 5.83. The SMILES string of the molecule is CN(C)C(=O)CC(N=C=O)N=C=O. The summed E-state index contributed by atoms with van der Waals surface area (Å²) < 4.78 is 0. The van der Waals surface area contributed by atoms with Crippen LogP contribution in [0.25, 0.3) is 0 Å². The Labute approximate surface area is 75.0 Å². The topological polar surface area (TPSA) is 79.2 Å². The summed E-state index contributed by atoms with van der Waals surface area (Å²) in [6, 6.07) is 0. The Balaban J connectivity index is 4.34. The van der Waals surface area contributed by atoms with Crippen molar-refractivity contribution < 1.29 is 14.4 Å². The molecule has 0 atom stereocenters. The first kappa shape index (κ1) is 11.2. The van der Waals surface area contributed by atoms with E-state index in [1.165, 1.54) is 17.1 Å². The Morgan fingerprint density at radius 3 is 2.08 bits per heavy atom. The van der Waals surface area contributed by atoms with E-state index in [0.717, 1.165) is 0 Å². The highest BCUT2D eigenvalue weighted by Crippen LogP contribution is 2.00. The molecular formula is C7H9N3O3. The fourth-order valence-electron chi connectivity index (χ4n) is 0.581. The summed E-state index contributed by atoms with van der Waals surface area (Å²) in [6.07, 6.45) is 1.33. The Bertz CT molecular complexity index is 257. The molecule has 0 unspecified atom stereocenters. The largest absolute Gasteiger partial charge is 0.349 e. The number of amides is 1. The summed E-state index contributed by atoms with van der Waals surface area (Å²) in [6.45, 7) is 0. The number of carbonyl (C=O) groups excluding carboxylic acids is 3. The number of carbonyl (C=O) groups is 1. The minimum Gasteiger partial charge on any atom is -0.349 e. The molecule has 0 aliphatic rings. The van der Waals surface area contributed by atoms with E-state index in [2.05, 4.69) is 9.98 Å². The van der Waals surface area contributed by atoms with Crippen molar-refractivity contribution in [1.29, 1.82) is 0 Å². The zero-order valence-corrected chi connectivity index (χ0v) is 7.35. The standard InChI is InChI=1S/C7H9N3O3/c1-10(2)7(13)3-6(8-4-11)9-5-12/h6H,3H2,1-2H3. The molecular weight excluding hydrogens is 174 g/mol. The first-order valence-electron chi connectivity index (χ1n) is 3.46. The Hall–Kier alpha value is -1.77. The van der Waals surface area contributed by atoms with Gasteiger partial charge < -0.3 is 4.90 Å². The van der Waals surface area contributed by atoms with Gasteiger partial charge in [-0.25, -0.2) is 9.59 Å². The van der Waals surface area contributed by atoms with Crippen LogP contribution in [0.1, 0.15) is 6.42 Å². The summed E-state index contributed by atoms with van der Waals surface area (Å²) >= 11 is 0. The van der Waals surface area contributed by atoms with Gasteiger partial charge in [-0.1, -0.05) is 0 Å². The molecule has 0 aromatic carbocycles. The molecule has 0 aliphatic carbocycles. The number of hydrogen-bond donors (Lipinski definition) is 0. The average Bonchev–Trinajstić information content (AvgIpc) is 2.05. The van der Waals surface area contributed by atoms with E-state index in [1.54, 1.807) is 14.1 Å². The van der Waals surface area contributed by atoms with E-state index in [9.17, 15) is 14.4 Å². The monoisotopic (exact) mass is 183 g/mol. The summed E-state index contributed by atoms with van der Waals surface area (Å²) in [5.74, 6) is -0.275. The highest BCUT2D eigenvalue weighted by atomic mass is 16.2. The third-order valence-corrected chi connectivity index (χ3v) is 1.26. The van der Waals surface area contributed by atoms with Crippen molar-refractivity contribution in [1.82, 2.24) is 4.90 Å². The summed E-state index contributed by atoms with van der Waals surface area (Å²) in [4.78, 5) is 38.3. The molecule has 0 rings (SSSR count). The molecule has 0 fully saturated rings. The fraction of sp³-hybridized carbons (Fsp3) is 0.571. The zero-order chi connectivity index (χ0) is 10.3. The van der Waals surface area contributed by atoms with Crippen LogP contribution < -0.4 is 0 Å². The number of nitrogens with zero attached hydrogens (tertiary/aromatic N) is 3. The molecule has 70 valence electrons. The Kier molecular flexibility index (Phi) is 5.03. The van der Waals surface area contributed by atoms with Crippen LogP contribution >= 0.6 is 0 Å². The quantitative estimate of drug-likeness (QED) is 0.433. The lowest BCUT2D eigenvalue weighted by Crippen LogP contribution is -2.24. The van der Waals surface area contributed by atoms with Crippen LogP contribution in [0.3, 0.4) is 0 Å². The molecule has 6 heteroatoms. The highest BCUT2D eigenvalue weighted by Gasteiger charge is 2.12. The lowest BCUT2D eigenvalue weighted by atomic mass is 10.3. The molecule has 0 spiro atoms. The molecule has 0 aromatic heterocycles. The van der Waals surface area contributed by atoms with Gasteiger partial charge in [0.15, 0.2) is 6.17 Å². The van der Waals surface area contributed by atoms with Crippen molar-refractivity contribution in [2.24, 2.45) is 9.98 Å². The van der Waals surface area contributed by atoms with E-state index < -0.39 is 6.17 Å². The van der Waals surface area contributed by atoms with Crippen LogP contribution in [0.5, 0.6) is 0 Å². The van der Waals surface area contributed by atoms with Gasteiger partial charge in [-0.3, -0.25) is 4.79 Å². The third kappa shape index (κ3) is 4.63. The Morgan fingerprint density at radius 1 is 1.31 bits per heavy atom. The van der Waals surface area contributed by atoms with Gasteiger partial charge in [-0.15, -0.1) is 0 Å². The molecule has 0 N–H and O–H groups in total. The first-order chi connectivity index (χ1) is 6.11. The van der Waals surface area contributed by atoms with Gasteiger partial charge in [0.25, 0.3) is 0 Å². The van der Waals surface area contributed by atoms with Gasteiger partial charge in [0.2, 0.25) is 18.1 Å². The maximum atomic E-state index is 11.0. The highest BCUT2D eigenvalue weighted by molar-refractivity contribution is 5.76. The van der Waals surface area contributed by atoms with Crippen molar-refractivity contribution in [2.45, 2.75) is 12.6 Å². The molecule has 0 heterocycles. The van der Waals surface area contributed by atoms with Crippen LogP contribution in [0.15, 0.2) is 9.98 Å². The van der Waals surface area contributed by atoms with Crippen molar-refractivity contribution >= 4 is 18.1 Å². The van der Waals surface area contributed by atoms with Crippen LogP contribution in [0, 0.1) is 0 Å². The third-order valence-electron chi connectivity index (χ3n) is 1.26. The van der Waals surface area contributed by atoms with E-state index in [0.29, 0.717) is 0 Å². The van der Waals surface area contributed by atoms with E-state index in [1.807, 2.05) is 0 Å². The van der Waals surface area contributed by atoms with Crippen molar-refractivity contribution in [3.63, 3.8) is 0 Å². The molecule has 0 radical (unpaired) electrons. The molecule has 0 bridgehead atoms. The number of isocyanates is 2. The number of hydrogen-bond acceptors (Lipinski definition) is 5. The second-order valence-electron chi connectivity index (χ2n) is 2.41. The summed E-state index contributed by atoms with van der Waals surface area (Å²) in [5, 5.41) is 0. The van der Waals surface area contributed by atoms with E-state index in [4.69, 9.17) is 0 Å². The smallest absolute Gasteiger partial charge is 0.237 e. The maximum Gasteiger partial charge on any atom is 0.237 e. The van der Waals surface area contributed by atoms with Gasteiger partial charge in [-0.2, -0.15) is 9.98 Å². The van der Waals surface area contributed by atoms with E-state index >= 15 is 0 Å². The van der Waals surface area contributed by atoms with Crippen molar-refractivity contribution in [3.8, 4) is 0 Å². The minimum atomic E-state index is -0.995. The zero-order valence-electron chi connectivity index (χ0n) is 7.35. The average molecular weight is 183 g/mol. The van der Waals surface area contributed by atoms with Crippen LogP contribution in [-0.4, -0.2) is 43.2 Å². The van der Waals surface area contributed by atoms with Gasteiger partial charge in [-0.05, 0) is 0 Å². The maximum absolute atomic E-state index is 11.0. The molecule has 0 saturated heterocycles. The molecule has 0 aromatic rings. The number of aliphatic imine (C=N–C) groups is 2. The summed E-state index contributed by atoms with van der Waals surface area (Å²) in [5.41, 5.74) is 0. The number of rotatable bonds is 4. The predicted molar refractivity (Wildman–Crippen MR) is 43.3 cm³/mol. The molecule has 1 amide bonds. The minimum absolute atomic E-state index is 0.128.